The average Bonchev–Trinajstić information content (AvgIpc) is 3.52. The summed E-state index contributed by atoms with van der Waals surface area (Å²) in [5.41, 5.74) is 11.8. The Morgan fingerprint density at radius 1 is 0.327 bits per heavy atom. The molecule has 0 spiro atoms. The first-order chi connectivity index (χ1) is 24.3. The van der Waals surface area contributed by atoms with Crippen LogP contribution in [0.4, 0.5) is 0 Å². The van der Waals surface area contributed by atoms with Crippen LogP contribution in [-0.4, -0.2) is 15.0 Å². The third-order valence-electron chi connectivity index (χ3n) is 9.53. The Kier molecular flexibility index (Phi) is 6.15. The van der Waals surface area contributed by atoms with Gasteiger partial charge in [0, 0.05) is 33.2 Å². The van der Waals surface area contributed by atoms with E-state index in [2.05, 4.69) is 103 Å². The molecule has 2 heterocycles. The molecule has 1 aliphatic rings. The van der Waals surface area contributed by atoms with Gasteiger partial charge < -0.3 is 4.42 Å². The fourth-order valence-electron chi connectivity index (χ4n) is 7.33. The molecular formula is C45H27N3O. The van der Waals surface area contributed by atoms with Gasteiger partial charge >= 0.3 is 0 Å². The molecule has 0 N–H and O–H groups in total. The minimum atomic E-state index is 0.626. The van der Waals surface area contributed by atoms with Crippen molar-refractivity contribution in [3.8, 4) is 78.9 Å². The van der Waals surface area contributed by atoms with Gasteiger partial charge in [-0.2, -0.15) is 0 Å². The van der Waals surface area contributed by atoms with Gasteiger partial charge in [-0.15, -0.1) is 0 Å². The van der Waals surface area contributed by atoms with E-state index in [1.807, 2.05) is 60.7 Å². The van der Waals surface area contributed by atoms with E-state index in [1.165, 1.54) is 27.8 Å². The Balaban J connectivity index is 1.23. The zero-order valence-electron chi connectivity index (χ0n) is 26.3. The maximum atomic E-state index is 6.89. The lowest BCUT2D eigenvalue weighted by Gasteiger charge is -2.14. The molecule has 0 saturated heterocycles. The van der Waals surface area contributed by atoms with Crippen LogP contribution in [0.5, 0.6) is 0 Å². The van der Waals surface area contributed by atoms with Gasteiger partial charge in [-0.3, -0.25) is 0 Å². The van der Waals surface area contributed by atoms with Crippen molar-refractivity contribution in [2.75, 3.05) is 0 Å². The maximum absolute atomic E-state index is 6.89. The summed E-state index contributed by atoms with van der Waals surface area (Å²) >= 11 is 0. The van der Waals surface area contributed by atoms with E-state index in [-0.39, 0.29) is 0 Å². The normalized spacial score (nSPS) is 11.7. The fourth-order valence-corrected chi connectivity index (χ4v) is 7.33. The number of hydrogen-bond acceptors (Lipinski definition) is 4. The van der Waals surface area contributed by atoms with Crippen LogP contribution in [0.2, 0.25) is 0 Å². The first kappa shape index (κ1) is 27.5. The van der Waals surface area contributed by atoms with Crippen molar-refractivity contribution in [1.29, 1.82) is 0 Å². The number of nitrogens with zero attached hydrogens (tertiary/aromatic N) is 3. The number of benzene rings is 7. The third-order valence-corrected chi connectivity index (χ3v) is 9.53. The van der Waals surface area contributed by atoms with Crippen molar-refractivity contribution >= 4 is 21.7 Å². The lowest BCUT2D eigenvalue weighted by Crippen LogP contribution is -2.00. The van der Waals surface area contributed by atoms with Crippen molar-refractivity contribution in [2.24, 2.45) is 0 Å². The minimum Gasteiger partial charge on any atom is -0.455 e. The number of rotatable bonds is 4. The fraction of sp³-hybridized carbons (Fsp3) is 0. The summed E-state index contributed by atoms with van der Waals surface area (Å²) in [6.07, 6.45) is 0. The lowest BCUT2D eigenvalue weighted by molar-refractivity contribution is 0.633. The number of furan rings is 1. The Morgan fingerprint density at radius 3 is 1.45 bits per heavy atom. The molecule has 0 aliphatic heterocycles. The number of hydrogen-bond donors (Lipinski definition) is 0. The zero-order valence-corrected chi connectivity index (χ0v) is 26.3. The van der Waals surface area contributed by atoms with E-state index in [9.17, 15) is 0 Å². The van der Waals surface area contributed by atoms with Gasteiger partial charge in [0.1, 0.15) is 11.3 Å². The quantitative estimate of drug-likeness (QED) is 0.195. The van der Waals surface area contributed by atoms with E-state index < -0.39 is 0 Å². The molecule has 7 aromatic carbocycles. The maximum Gasteiger partial charge on any atom is 0.164 e. The molecule has 9 aromatic rings. The number of aromatic nitrogens is 3. The standard InChI is InChI=1S/C45H27N3O/c1-3-14-28(15-4-1)43-46-44(29-16-5-2-6-17-29)48-45(47-43)38-27-26-37(33-21-9-10-22-34(33)38)42-41-36-23-12-11-20-32(36)30-18-7-8-19-31(30)35-24-13-25-39(49-42)40(35)41/h1-27H. The highest BCUT2D eigenvalue weighted by atomic mass is 16.3. The topological polar surface area (TPSA) is 51.8 Å². The average molecular weight is 626 g/mol. The van der Waals surface area contributed by atoms with Crippen molar-refractivity contribution in [3.05, 3.63) is 164 Å². The Labute approximate surface area is 283 Å². The minimum absolute atomic E-state index is 0.626. The molecule has 228 valence electrons. The third kappa shape index (κ3) is 4.35. The van der Waals surface area contributed by atoms with Crippen LogP contribution in [0.1, 0.15) is 0 Å². The van der Waals surface area contributed by atoms with E-state index in [0.29, 0.717) is 17.5 Å². The van der Waals surface area contributed by atoms with Crippen LogP contribution >= 0.6 is 0 Å². The highest BCUT2D eigenvalue weighted by Crippen LogP contribution is 2.53. The summed E-state index contributed by atoms with van der Waals surface area (Å²) in [5, 5.41) is 3.25. The van der Waals surface area contributed by atoms with Crippen LogP contribution in [0.3, 0.4) is 0 Å². The van der Waals surface area contributed by atoms with Crippen LogP contribution in [0.15, 0.2) is 168 Å². The first-order valence-corrected chi connectivity index (χ1v) is 16.5. The lowest BCUT2D eigenvalue weighted by atomic mass is 9.91. The van der Waals surface area contributed by atoms with Gasteiger partial charge in [-0.05, 0) is 56.8 Å². The second-order valence-corrected chi connectivity index (χ2v) is 12.3. The zero-order chi connectivity index (χ0) is 32.3. The highest BCUT2D eigenvalue weighted by molar-refractivity contribution is 6.17. The second-order valence-electron chi connectivity index (χ2n) is 12.3. The van der Waals surface area contributed by atoms with Gasteiger partial charge in [-0.1, -0.05) is 146 Å². The first-order valence-electron chi connectivity index (χ1n) is 16.5. The van der Waals surface area contributed by atoms with Crippen molar-refractivity contribution < 1.29 is 4.42 Å². The largest absolute Gasteiger partial charge is 0.455 e. The van der Waals surface area contributed by atoms with Crippen LogP contribution in [0.25, 0.3) is 101 Å². The molecular weight excluding hydrogens is 599 g/mol. The molecule has 4 heteroatoms. The Bertz CT molecular complexity index is 2650. The molecule has 0 amide bonds. The highest BCUT2D eigenvalue weighted by Gasteiger charge is 2.28. The van der Waals surface area contributed by atoms with Crippen LogP contribution in [0, 0.1) is 0 Å². The summed E-state index contributed by atoms with van der Waals surface area (Å²) in [6, 6.07) is 56.7. The van der Waals surface area contributed by atoms with Crippen LogP contribution in [-0.2, 0) is 0 Å². The molecule has 0 unspecified atom stereocenters. The van der Waals surface area contributed by atoms with Gasteiger partial charge in [0.2, 0.25) is 0 Å². The molecule has 10 rings (SSSR count). The van der Waals surface area contributed by atoms with E-state index in [1.54, 1.807) is 0 Å². The summed E-state index contributed by atoms with van der Waals surface area (Å²) in [5.74, 6) is 2.76. The summed E-state index contributed by atoms with van der Waals surface area (Å²) < 4.78 is 6.89. The van der Waals surface area contributed by atoms with Gasteiger partial charge in [0.25, 0.3) is 0 Å². The van der Waals surface area contributed by atoms with Crippen molar-refractivity contribution in [3.63, 3.8) is 0 Å². The Morgan fingerprint density at radius 2 is 0.796 bits per heavy atom. The summed E-state index contributed by atoms with van der Waals surface area (Å²) in [6.45, 7) is 0. The molecule has 0 bridgehead atoms. The SMILES string of the molecule is c1ccc(-c2nc(-c3ccccc3)nc(-c3ccc(-c4oc5cccc6c5c4-c4ccccc4-c4ccccc4-6)c4ccccc34)n2)cc1. The molecule has 0 atom stereocenters. The van der Waals surface area contributed by atoms with Gasteiger partial charge in [-0.25, -0.2) is 15.0 Å². The van der Waals surface area contributed by atoms with Crippen LogP contribution < -0.4 is 0 Å². The van der Waals surface area contributed by atoms with Gasteiger partial charge in [0.05, 0.1) is 0 Å². The molecule has 2 aromatic heterocycles. The second kappa shape index (κ2) is 11.0. The van der Waals surface area contributed by atoms with E-state index in [0.717, 1.165) is 55.3 Å². The molecule has 4 nitrogen and oxygen atoms in total. The molecule has 0 fully saturated rings. The number of fused-ring (bicyclic) bond motifs is 6. The molecule has 0 radical (unpaired) electrons. The predicted molar refractivity (Wildman–Crippen MR) is 199 cm³/mol. The van der Waals surface area contributed by atoms with Crippen molar-refractivity contribution in [1.82, 2.24) is 15.0 Å². The molecule has 49 heavy (non-hydrogen) atoms. The molecule has 1 aliphatic carbocycles. The monoisotopic (exact) mass is 625 g/mol. The predicted octanol–water partition coefficient (Wildman–Crippen LogP) is 11.8. The van der Waals surface area contributed by atoms with Gasteiger partial charge in [0.15, 0.2) is 17.5 Å². The smallest absolute Gasteiger partial charge is 0.164 e. The van der Waals surface area contributed by atoms with Crippen molar-refractivity contribution in [2.45, 2.75) is 0 Å². The Hall–Kier alpha value is -6.65. The van der Waals surface area contributed by atoms with E-state index in [4.69, 9.17) is 19.4 Å². The summed E-state index contributed by atoms with van der Waals surface area (Å²) in [4.78, 5) is 15.0. The van der Waals surface area contributed by atoms with E-state index >= 15 is 0 Å². The molecule has 0 saturated carbocycles. The summed E-state index contributed by atoms with van der Waals surface area (Å²) in [7, 11) is 0.